The molecule has 0 atom stereocenters. The Hall–Kier alpha value is -2.04. The summed E-state index contributed by atoms with van der Waals surface area (Å²) in [5.74, 6) is 0.480. The lowest BCUT2D eigenvalue weighted by atomic mass is 10.0. The van der Waals surface area contributed by atoms with Crippen molar-refractivity contribution in [1.29, 1.82) is 0 Å². The van der Waals surface area contributed by atoms with Crippen LogP contribution in [-0.4, -0.2) is 24.0 Å². The average Bonchev–Trinajstić information content (AvgIpc) is 3.41. The Morgan fingerprint density at radius 2 is 1.62 bits per heavy atom. The van der Waals surface area contributed by atoms with Gasteiger partial charge in [0.1, 0.15) is 11.2 Å². The first-order valence-corrected chi connectivity index (χ1v) is 9.89. The van der Waals surface area contributed by atoms with Gasteiger partial charge in [-0.2, -0.15) is 0 Å². The van der Waals surface area contributed by atoms with Gasteiger partial charge in [0.15, 0.2) is 0 Å². The highest BCUT2D eigenvalue weighted by Crippen LogP contribution is 2.47. The van der Waals surface area contributed by atoms with Crippen LogP contribution in [0.5, 0.6) is 5.75 Å². The lowest BCUT2D eigenvalue weighted by Crippen LogP contribution is -2.44. The van der Waals surface area contributed by atoms with E-state index in [0.29, 0.717) is 18.5 Å². The smallest absolute Gasteiger partial charge is 0.240 e. The van der Waals surface area contributed by atoms with Crippen LogP contribution in [0.4, 0.5) is 5.69 Å². The largest absolute Gasteiger partial charge is 0.491 e. The van der Waals surface area contributed by atoms with Crippen LogP contribution in [-0.2, 0) is 9.59 Å². The predicted octanol–water partition coefficient (Wildman–Crippen LogP) is 4.03. The fourth-order valence-corrected chi connectivity index (χ4v) is 3.57. The molecule has 2 saturated carbocycles. The van der Waals surface area contributed by atoms with E-state index in [2.05, 4.69) is 10.6 Å². The Labute approximate surface area is 155 Å². The number of hydrogen-bond acceptors (Lipinski definition) is 3. The van der Waals surface area contributed by atoms with E-state index in [4.69, 9.17) is 4.74 Å². The second-order valence-corrected chi connectivity index (χ2v) is 7.89. The molecule has 5 heteroatoms. The number of benzene rings is 1. The summed E-state index contributed by atoms with van der Waals surface area (Å²) in [6.07, 6.45) is 8.24. The normalized spacial score (nSPS) is 19.5. The Kier molecular flexibility index (Phi) is 5.84. The molecule has 2 N–H and O–H groups in total. The van der Waals surface area contributed by atoms with Crippen molar-refractivity contribution >= 4 is 17.5 Å². The first-order valence-electron chi connectivity index (χ1n) is 9.89. The number of ether oxygens (including phenoxy) is 1. The molecule has 0 aliphatic heterocycles. The number of carbonyl (C=O) groups is 2. The van der Waals surface area contributed by atoms with Crippen molar-refractivity contribution in [3.8, 4) is 5.75 Å². The van der Waals surface area contributed by atoms with Crippen LogP contribution in [0.2, 0.25) is 0 Å². The van der Waals surface area contributed by atoms with Gasteiger partial charge in [-0.3, -0.25) is 9.59 Å². The summed E-state index contributed by atoms with van der Waals surface area (Å²) in [6, 6.07) is 7.52. The molecule has 0 bridgehead atoms. The molecular weight excluding hydrogens is 328 g/mol. The van der Waals surface area contributed by atoms with Gasteiger partial charge in [-0.05, 0) is 63.8 Å². The van der Waals surface area contributed by atoms with Gasteiger partial charge in [-0.1, -0.05) is 25.7 Å². The second kappa shape index (κ2) is 8.11. The summed E-state index contributed by atoms with van der Waals surface area (Å²) >= 11 is 0. The molecule has 2 amide bonds. The summed E-state index contributed by atoms with van der Waals surface area (Å²) in [6.45, 7) is 3.94. The van der Waals surface area contributed by atoms with E-state index < -0.39 is 5.41 Å². The van der Waals surface area contributed by atoms with E-state index in [-0.39, 0.29) is 24.0 Å². The third-order valence-electron chi connectivity index (χ3n) is 5.29. The Balaban J connectivity index is 1.57. The number of rotatable bonds is 6. The van der Waals surface area contributed by atoms with Crippen molar-refractivity contribution in [3.05, 3.63) is 24.3 Å². The molecule has 2 aliphatic rings. The molecule has 2 aliphatic carbocycles. The Bertz CT molecular complexity index is 627. The fourth-order valence-electron chi connectivity index (χ4n) is 3.57. The highest BCUT2D eigenvalue weighted by Gasteiger charge is 2.56. The van der Waals surface area contributed by atoms with E-state index in [1.54, 1.807) is 0 Å². The maximum absolute atomic E-state index is 12.7. The number of nitrogens with one attached hydrogen (secondary N) is 2. The molecular formula is C21H30N2O3. The number of hydrogen-bond donors (Lipinski definition) is 2. The van der Waals surface area contributed by atoms with Crippen LogP contribution in [0.25, 0.3) is 0 Å². The zero-order valence-corrected chi connectivity index (χ0v) is 15.8. The molecule has 5 nitrogen and oxygen atoms in total. The molecule has 1 aromatic carbocycles. The fraction of sp³-hybridized carbons (Fsp3) is 0.619. The quantitative estimate of drug-likeness (QED) is 0.596. The second-order valence-electron chi connectivity index (χ2n) is 7.89. The van der Waals surface area contributed by atoms with Gasteiger partial charge in [0.25, 0.3) is 0 Å². The van der Waals surface area contributed by atoms with Gasteiger partial charge in [0.2, 0.25) is 11.8 Å². The van der Waals surface area contributed by atoms with Crippen molar-refractivity contribution in [2.24, 2.45) is 5.41 Å². The third kappa shape index (κ3) is 4.57. The first kappa shape index (κ1) is 18.7. The molecule has 0 unspecified atom stereocenters. The molecule has 0 heterocycles. The molecule has 0 saturated heterocycles. The van der Waals surface area contributed by atoms with Crippen LogP contribution in [0.15, 0.2) is 24.3 Å². The monoisotopic (exact) mass is 358 g/mol. The minimum absolute atomic E-state index is 0.0957. The van der Waals surface area contributed by atoms with Crippen molar-refractivity contribution in [1.82, 2.24) is 5.32 Å². The van der Waals surface area contributed by atoms with E-state index in [1.807, 2.05) is 38.1 Å². The van der Waals surface area contributed by atoms with Crippen molar-refractivity contribution in [3.63, 3.8) is 0 Å². The zero-order valence-electron chi connectivity index (χ0n) is 15.8. The lowest BCUT2D eigenvalue weighted by Gasteiger charge is -2.21. The van der Waals surface area contributed by atoms with Gasteiger partial charge < -0.3 is 15.4 Å². The van der Waals surface area contributed by atoms with Crippen LogP contribution >= 0.6 is 0 Å². The summed E-state index contributed by atoms with van der Waals surface area (Å²) in [5.41, 5.74) is -0.181. The predicted molar refractivity (Wildman–Crippen MR) is 102 cm³/mol. The van der Waals surface area contributed by atoms with E-state index in [1.165, 1.54) is 12.8 Å². The van der Waals surface area contributed by atoms with Crippen molar-refractivity contribution < 1.29 is 14.3 Å². The Morgan fingerprint density at radius 1 is 1.00 bits per heavy atom. The van der Waals surface area contributed by atoms with E-state index in [9.17, 15) is 9.59 Å². The third-order valence-corrected chi connectivity index (χ3v) is 5.29. The van der Waals surface area contributed by atoms with E-state index >= 15 is 0 Å². The molecule has 3 rings (SSSR count). The minimum Gasteiger partial charge on any atom is -0.491 e. The zero-order chi connectivity index (χ0) is 18.6. The number of carbonyl (C=O) groups excluding carboxylic acids is 2. The van der Waals surface area contributed by atoms with Crippen LogP contribution in [0.3, 0.4) is 0 Å². The summed E-state index contributed by atoms with van der Waals surface area (Å²) in [5, 5.41) is 6.04. The molecule has 0 spiro atoms. The van der Waals surface area contributed by atoms with Crippen molar-refractivity contribution in [2.45, 2.75) is 77.4 Å². The standard InChI is InChI=1S/C21H30N2O3/c1-15(2)26-18-11-9-17(10-12-18)23-20(25)21(13-14-21)19(24)22-16-7-5-3-4-6-8-16/h9-12,15-16H,3-8,13-14H2,1-2H3,(H,22,24)(H,23,25). The van der Waals surface area contributed by atoms with Gasteiger partial charge >= 0.3 is 0 Å². The topological polar surface area (TPSA) is 67.4 Å². The SMILES string of the molecule is CC(C)Oc1ccc(NC(=O)C2(C(=O)NC3CCCCCC3)CC2)cc1. The maximum Gasteiger partial charge on any atom is 0.240 e. The first-order chi connectivity index (χ1) is 12.5. The molecule has 0 aromatic heterocycles. The summed E-state index contributed by atoms with van der Waals surface area (Å²) in [4.78, 5) is 25.4. The van der Waals surface area contributed by atoms with Gasteiger partial charge in [0.05, 0.1) is 6.10 Å². The molecule has 142 valence electrons. The Morgan fingerprint density at radius 3 is 2.15 bits per heavy atom. The molecule has 1 aromatic rings. The van der Waals surface area contributed by atoms with E-state index in [0.717, 1.165) is 31.4 Å². The van der Waals surface area contributed by atoms with Gasteiger partial charge in [-0.25, -0.2) is 0 Å². The highest BCUT2D eigenvalue weighted by molar-refractivity contribution is 6.13. The van der Waals surface area contributed by atoms with Crippen LogP contribution in [0.1, 0.15) is 65.2 Å². The van der Waals surface area contributed by atoms with Crippen LogP contribution in [0, 0.1) is 5.41 Å². The molecule has 26 heavy (non-hydrogen) atoms. The summed E-state index contributed by atoms with van der Waals surface area (Å²) in [7, 11) is 0. The number of amides is 2. The summed E-state index contributed by atoms with van der Waals surface area (Å²) < 4.78 is 5.61. The molecule has 0 radical (unpaired) electrons. The van der Waals surface area contributed by atoms with Crippen LogP contribution < -0.4 is 15.4 Å². The van der Waals surface area contributed by atoms with Gasteiger partial charge in [-0.15, -0.1) is 0 Å². The molecule has 2 fully saturated rings. The van der Waals surface area contributed by atoms with Gasteiger partial charge in [0, 0.05) is 11.7 Å². The number of anilines is 1. The lowest BCUT2D eigenvalue weighted by molar-refractivity contribution is -0.134. The maximum atomic E-state index is 12.7. The van der Waals surface area contributed by atoms with Crippen molar-refractivity contribution in [2.75, 3.05) is 5.32 Å². The average molecular weight is 358 g/mol. The minimum atomic E-state index is -0.876. The highest BCUT2D eigenvalue weighted by atomic mass is 16.5.